The van der Waals surface area contributed by atoms with Gasteiger partial charge in [-0.1, -0.05) is 24.3 Å². The van der Waals surface area contributed by atoms with Crippen LogP contribution in [0.5, 0.6) is 0 Å². The lowest BCUT2D eigenvalue weighted by Crippen LogP contribution is -2.01. The second-order valence-corrected chi connectivity index (χ2v) is 5.09. The van der Waals surface area contributed by atoms with Gasteiger partial charge < -0.3 is 5.73 Å². The van der Waals surface area contributed by atoms with Crippen LogP contribution in [-0.4, -0.2) is 9.78 Å². The van der Waals surface area contributed by atoms with Crippen molar-refractivity contribution >= 4 is 5.82 Å². The number of aryl methyl sites for hydroxylation is 1. The Morgan fingerprint density at radius 1 is 1.05 bits per heavy atom. The number of nitrogens with zero attached hydrogens (tertiary/aromatic N) is 2. The van der Waals surface area contributed by atoms with Crippen molar-refractivity contribution in [3.05, 3.63) is 65.5 Å². The van der Waals surface area contributed by atoms with E-state index in [-0.39, 0.29) is 5.82 Å². The van der Waals surface area contributed by atoms with Crippen LogP contribution in [0, 0.1) is 19.7 Å². The predicted molar refractivity (Wildman–Crippen MR) is 82.8 cm³/mol. The van der Waals surface area contributed by atoms with Gasteiger partial charge in [-0.2, -0.15) is 5.10 Å². The Balaban J connectivity index is 2.17. The fourth-order valence-corrected chi connectivity index (χ4v) is 2.34. The first-order valence-electron chi connectivity index (χ1n) is 6.75. The van der Waals surface area contributed by atoms with Crippen LogP contribution < -0.4 is 5.73 Å². The van der Waals surface area contributed by atoms with Gasteiger partial charge in [-0.05, 0) is 43.7 Å². The summed E-state index contributed by atoms with van der Waals surface area (Å²) in [7, 11) is 0. The zero-order valence-electron chi connectivity index (χ0n) is 12.0. The lowest BCUT2D eigenvalue weighted by atomic mass is 10.1. The van der Waals surface area contributed by atoms with E-state index < -0.39 is 0 Å². The zero-order chi connectivity index (χ0) is 15.0. The Morgan fingerprint density at radius 3 is 2.43 bits per heavy atom. The third-order valence-corrected chi connectivity index (χ3v) is 3.55. The van der Waals surface area contributed by atoms with E-state index in [1.807, 2.05) is 50.2 Å². The molecule has 4 heteroatoms. The van der Waals surface area contributed by atoms with E-state index in [1.165, 1.54) is 6.07 Å². The van der Waals surface area contributed by atoms with E-state index in [0.29, 0.717) is 17.1 Å². The van der Waals surface area contributed by atoms with Crippen molar-refractivity contribution in [1.82, 2.24) is 9.78 Å². The first-order chi connectivity index (χ1) is 10.1. The molecule has 0 radical (unpaired) electrons. The van der Waals surface area contributed by atoms with Crippen LogP contribution in [0.3, 0.4) is 0 Å². The second-order valence-electron chi connectivity index (χ2n) is 5.09. The third-order valence-electron chi connectivity index (χ3n) is 3.55. The minimum atomic E-state index is -0.282. The minimum Gasteiger partial charge on any atom is -0.383 e. The van der Waals surface area contributed by atoms with Crippen molar-refractivity contribution in [1.29, 1.82) is 0 Å². The summed E-state index contributed by atoms with van der Waals surface area (Å²) in [5.74, 6) is 0.243. The van der Waals surface area contributed by atoms with Crippen LogP contribution in [0.4, 0.5) is 10.2 Å². The van der Waals surface area contributed by atoms with Gasteiger partial charge in [-0.3, -0.25) is 0 Å². The number of halogens is 1. The quantitative estimate of drug-likeness (QED) is 0.774. The first kappa shape index (κ1) is 13.4. The molecule has 3 aromatic rings. The molecular formula is C17H16FN3. The molecular weight excluding hydrogens is 265 g/mol. The fraction of sp³-hybridized carbons (Fsp3) is 0.118. The molecule has 0 saturated heterocycles. The lowest BCUT2D eigenvalue weighted by molar-refractivity contribution is 0.629. The molecule has 2 aromatic carbocycles. The Kier molecular flexibility index (Phi) is 3.22. The molecule has 0 atom stereocenters. The van der Waals surface area contributed by atoms with Gasteiger partial charge >= 0.3 is 0 Å². The molecule has 0 aliphatic carbocycles. The number of benzene rings is 2. The lowest BCUT2D eigenvalue weighted by Gasteiger charge is -2.03. The van der Waals surface area contributed by atoms with E-state index in [4.69, 9.17) is 5.73 Å². The molecule has 0 unspecified atom stereocenters. The Labute approximate surface area is 122 Å². The van der Waals surface area contributed by atoms with Crippen molar-refractivity contribution in [3.63, 3.8) is 0 Å². The van der Waals surface area contributed by atoms with E-state index in [9.17, 15) is 4.39 Å². The predicted octanol–water partition coefficient (Wildman–Crippen LogP) is 3.88. The number of nitrogen functional groups attached to an aromatic ring is 1. The largest absolute Gasteiger partial charge is 0.383 e. The van der Waals surface area contributed by atoms with Gasteiger partial charge in [0.2, 0.25) is 0 Å². The molecule has 0 spiro atoms. The second kappa shape index (κ2) is 5.05. The normalized spacial score (nSPS) is 10.8. The molecule has 0 bridgehead atoms. The zero-order valence-corrected chi connectivity index (χ0v) is 12.0. The monoisotopic (exact) mass is 281 g/mol. The molecule has 1 aromatic heterocycles. The molecule has 0 aliphatic heterocycles. The van der Waals surface area contributed by atoms with Crippen molar-refractivity contribution in [2.24, 2.45) is 0 Å². The number of nitrogens with two attached hydrogens (primary N) is 1. The molecule has 3 rings (SSSR count). The molecule has 1 heterocycles. The SMILES string of the molecule is Cc1ccc(-c2nn(-c3ccccc3)c(N)c2C)c(F)c1. The molecule has 2 N–H and O–H groups in total. The summed E-state index contributed by atoms with van der Waals surface area (Å²) < 4.78 is 15.8. The van der Waals surface area contributed by atoms with Gasteiger partial charge in [-0.15, -0.1) is 0 Å². The molecule has 0 saturated carbocycles. The van der Waals surface area contributed by atoms with E-state index in [2.05, 4.69) is 5.10 Å². The van der Waals surface area contributed by atoms with E-state index >= 15 is 0 Å². The first-order valence-corrected chi connectivity index (χ1v) is 6.75. The van der Waals surface area contributed by atoms with Crippen molar-refractivity contribution in [3.8, 4) is 16.9 Å². The average Bonchev–Trinajstić information content (AvgIpc) is 2.77. The Hall–Kier alpha value is -2.62. The van der Waals surface area contributed by atoms with Crippen LogP contribution in [0.2, 0.25) is 0 Å². The van der Waals surface area contributed by atoms with Crippen LogP contribution in [0.1, 0.15) is 11.1 Å². The maximum atomic E-state index is 14.2. The highest BCUT2D eigenvalue weighted by Crippen LogP contribution is 2.30. The molecule has 21 heavy (non-hydrogen) atoms. The molecule has 0 fully saturated rings. The average molecular weight is 281 g/mol. The molecule has 0 aliphatic rings. The van der Waals surface area contributed by atoms with Gasteiger partial charge in [0.25, 0.3) is 0 Å². The third kappa shape index (κ3) is 2.29. The summed E-state index contributed by atoms with van der Waals surface area (Å²) in [6.45, 7) is 3.72. The summed E-state index contributed by atoms with van der Waals surface area (Å²) in [4.78, 5) is 0. The van der Waals surface area contributed by atoms with Crippen LogP contribution in [0.15, 0.2) is 48.5 Å². The van der Waals surface area contributed by atoms with Gasteiger partial charge in [-0.25, -0.2) is 9.07 Å². The number of anilines is 1. The van der Waals surface area contributed by atoms with Gasteiger partial charge in [0, 0.05) is 11.1 Å². The highest BCUT2D eigenvalue weighted by molar-refractivity contribution is 5.70. The Bertz CT molecular complexity index is 791. The van der Waals surface area contributed by atoms with Crippen LogP contribution >= 0.6 is 0 Å². The van der Waals surface area contributed by atoms with Crippen molar-refractivity contribution in [2.75, 3.05) is 5.73 Å². The molecule has 3 nitrogen and oxygen atoms in total. The number of hydrogen-bond donors (Lipinski definition) is 1. The molecule has 106 valence electrons. The van der Waals surface area contributed by atoms with Crippen molar-refractivity contribution < 1.29 is 4.39 Å². The van der Waals surface area contributed by atoms with E-state index in [1.54, 1.807) is 10.7 Å². The minimum absolute atomic E-state index is 0.282. The smallest absolute Gasteiger partial charge is 0.132 e. The summed E-state index contributed by atoms with van der Waals surface area (Å²) in [6, 6.07) is 14.7. The summed E-state index contributed by atoms with van der Waals surface area (Å²) in [6.07, 6.45) is 0. The van der Waals surface area contributed by atoms with Crippen molar-refractivity contribution in [2.45, 2.75) is 13.8 Å². The topological polar surface area (TPSA) is 43.8 Å². The number of para-hydroxylation sites is 1. The Morgan fingerprint density at radius 2 is 1.76 bits per heavy atom. The maximum Gasteiger partial charge on any atom is 0.132 e. The number of hydrogen-bond acceptors (Lipinski definition) is 2. The summed E-state index contributed by atoms with van der Waals surface area (Å²) in [5, 5.41) is 4.49. The van der Waals surface area contributed by atoms with Crippen LogP contribution in [-0.2, 0) is 0 Å². The number of aromatic nitrogens is 2. The number of rotatable bonds is 2. The van der Waals surface area contributed by atoms with Gasteiger partial charge in [0.1, 0.15) is 17.3 Å². The van der Waals surface area contributed by atoms with Gasteiger partial charge in [0.05, 0.1) is 5.69 Å². The summed E-state index contributed by atoms with van der Waals surface area (Å²) >= 11 is 0. The molecule has 0 amide bonds. The van der Waals surface area contributed by atoms with Crippen LogP contribution in [0.25, 0.3) is 16.9 Å². The maximum absolute atomic E-state index is 14.2. The van der Waals surface area contributed by atoms with E-state index in [0.717, 1.165) is 16.8 Å². The van der Waals surface area contributed by atoms with Gasteiger partial charge in [0.15, 0.2) is 0 Å². The highest BCUT2D eigenvalue weighted by Gasteiger charge is 2.17. The fourth-order valence-electron chi connectivity index (χ4n) is 2.34. The standard InChI is InChI=1S/C17H16FN3/c1-11-8-9-14(15(18)10-11)16-12(2)17(19)21(20-16)13-6-4-3-5-7-13/h3-10H,19H2,1-2H3. The summed E-state index contributed by atoms with van der Waals surface area (Å²) in [5.41, 5.74) is 9.70. The highest BCUT2D eigenvalue weighted by atomic mass is 19.1.